The summed E-state index contributed by atoms with van der Waals surface area (Å²) in [5.74, 6) is 0.429. The molecule has 0 saturated heterocycles. The molecule has 1 N–H and O–H groups in total. The number of aromatic hydroxyl groups is 1. The molecule has 0 aliphatic heterocycles. The first-order valence-corrected chi connectivity index (χ1v) is 7.28. The Morgan fingerprint density at radius 1 is 1.12 bits per heavy atom. The van der Waals surface area contributed by atoms with Crippen molar-refractivity contribution in [1.82, 2.24) is 0 Å². The molecule has 0 atom stereocenters. The highest BCUT2D eigenvalue weighted by atomic mass is 127. The predicted molar refractivity (Wildman–Crippen MR) is 83.2 cm³/mol. The van der Waals surface area contributed by atoms with Crippen LogP contribution in [0.1, 0.15) is 11.1 Å². The lowest BCUT2D eigenvalue weighted by Gasteiger charge is -2.04. The molecule has 3 rings (SSSR count). The molecule has 0 radical (unpaired) electrons. The summed E-state index contributed by atoms with van der Waals surface area (Å²) in [5, 5.41) is 12.5. The van der Waals surface area contributed by atoms with Gasteiger partial charge < -0.3 is 5.11 Å². The summed E-state index contributed by atoms with van der Waals surface area (Å²) in [6, 6.07) is 8.59. The third-order valence-corrected chi connectivity index (χ3v) is 5.08. The average molecular weight is 354 g/mol. The van der Waals surface area contributed by atoms with E-state index in [0.717, 1.165) is 11.1 Å². The summed E-state index contributed by atoms with van der Waals surface area (Å²) in [7, 11) is 0. The summed E-state index contributed by atoms with van der Waals surface area (Å²) in [6.45, 7) is 3.95. The highest BCUT2D eigenvalue weighted by Crippen LogP contribution is 2.40. The molecule has 3 aromatic rings. The number of aryl methyl sites for hydroxylation is 2. The third kappa shape index (κ3) is 1.64. The zero-order valence-electron chi connectivity index (χ0n) is 9.54. The van der Waals surface area contributed by atoms with Gasteiger partial charge in [0.2, 0.25) is 0 Å². The summed E-state index contributed by atoms with van der Waals surface area (Å²) in [4.78, 5) is 0. The summed E-state index contributed by atoms with van der Waals surface area (Å²) >= 11 is 4.09. The van der Waals surface area contributed by atoms with Crippen LogP contribution in [0.3, 0.4) is 0 Å². The van der Waals surface area contributed by atoms with Crippen LogP contribution in [0, 0.1) is 17.4 Å². The number of phenols is 1. The van der Waals surface area contributed by atoms with Gasteiger partial charge in [-0.3, -0.25) is 0 Å². The van der Waals surface area contributed by atoms with E-state index < -0.39 is 0 Å². The number of fused-ring (bicyclic) bond motifs is 3. The quantitative estimate of drug-likeness (QED) is 0.565. The first-order chi connectivity index (χ1) is 8.08. The van der Waals surface area contributed by atoms with E-state index in [1.807, 2.05) is 13.8 Å². The first kappa shape index (κ1) is 11.3. The van der Waals surface area contributed by atoms with Crippen LogP contribution in [-0.4, -0.2) is 5.11 Å². The van der Waals surface area contributed by atoms with E-state index >= 15 is 0 Å². The summed E-state index contributed by atoms with van der Waals surface area (Å²) < 4.78 is 3.74. The van der Waals surface area contributed by atoms with Crippen molar-refractivity contribution in [2.24, 2.45) is 0 Å². The number of rotatable bonds is 0. The van der Waals surface area contributed by atoms with Gasteiger partial charge in [0.1, 0.15) is 5.75 Å². The number of thiophene rings is 1. The molecular weight excluding hydrogens is 343 g/mol. The molecule has 0 saturated carbocycles. The molecule has 0 aliphatic rings. The van der Waals surface area contributed by atoms with Crippen molar-refractivity contribution in [2.45, 2.75) is 13.8 Å². The number of hydrogen-bond acceptors (Lipinski definition) is 2. The van der Waals surface area contributed by atoms with Crippen LogP contribution in [-0.2, 0) is 0 Å². The molecule has 1 aromatic heterocycles. The minimum absolute atomic E-state index is 0.429. The Balaban J connectivity index is 2.56. The highest BCUT2D eigenvalue weighted by molar-refractivity contribution is 14.1. The van der Waals surface area contributed by atoms with Crippen molar-refractivity contribution in [1.29, 1.82) is 0 Å². The molecule has 2 aromatic carbocycles. The van der Waals surface area contributed by atoms with Crippen LogP contribution in [0.4, 0.5) is 0 Å². The van der Waals surface area contributed by atoms with Crippen molar-refractivity contribution in [3.05, 3.63) is 39.0 Å². The van der Waals surface area contributed by atoms with E-state index in [9.17, 15) is 5.11 Å². The molecule has 86 valence electrons. The van der Waals surface area contributed by atoms with E-state index in [4.69, 9.17) is 0 Å². The van der Waals surface area contributed by atoms with E-state index in [0.29, 0.717) is 5.75 Å². The second-order valence-electron chi connectivity index (χ2n) is 4.29. The van der Waals surface area contributed by atoms with Crippen LogP contribution in [0.25, 0.3) is 20.2 Å². The Morgan fingerprint density at radius 2 is 1.88 bits per heavy atom. The van der Waals surface area contributed by atoms with Gasteiger partial charge in [-0.2, -0.15) is 0 Å². The molecule has 17 heavy (non-hydrogen) atoms. The first-order valence-electron chi connectivity index (χ1n) is 5.39. The highest BCUT2D eigenvalue weighted by Gasteiger charge is 2.12. The monoisotopic (exact) mass is 354 g/mol. The molecular formula is C14H11IOS. The largest absolute Gasteiger partial charge is 0.507 e. The van der Waals surface area contributed by atoms with Crippen LogP contribution in [0.15, 0.2) is 24.3 Å². The normalized spacial score (nSPS) is 11.5. The maximum atomic E-state index is 9.99. The molecule has 0 fully saturated rings. The van der Waals surface area contributed by atoms with Crippen molar-refractivity contribution in [3.8, 4) is 5.75 Å². The fourth-order valence-electron chi connectivity index (χ4n) is 2.20. The number of benzene rings is 2. The van der Waals surface area contributed by atoms with Crippen molar-refractivity contribution >= 4 is 54.1 Å². The van der Waals surface area contributed by atoms with E-state index in [2.05, 4.69) is 46.9 Å². The average Bonchev–Trinajstić information content (AvgIpc) is 2.64. The number of halogens is 1. The predicted octanol–water partition coefficient (Wildman–Crippen LogP) is 4.98. The maximum absolute atomic E-state index is 9.99. The Hall–Kier alpha value is -0.810. The molecule has 0 spiro atoms. The Bertz CT molecular complexity index is 743. The van der Waals surface area contributed by atoms with Gasteiger partial charge >= 0.3 is 0 Å². The molecule has 0 bridgehead atoms. The van der Waals surface area contributed by atoms with Crippen molar-refractivity contribution in [3.63, 3.8) is 0 Å². The smallest absolute Gasteiger partial charge is 0.122 e. The minimum Gasteiger partial charge on any atom is -0.507 e. The van der Waals surface area contributed by atoms with Gasteiger partial charge in [-0.1, -0.05) is 6.07 Å². The standard InChI is InChI=1S/C14H11IOS/c1-7-5-11-10-4-3-9(15)6-12(10)17-14(11)8(2)13(7)16/h3-6,16H,1-2H3. The van der Waals surface area contributed by atoms with Gasteiger partial charge in [0, 0.05) is 29.3 Å². The Kier molecular flexibility index (Phi) is 2.56. The van der Waals surface area contributed by atoms with Crippen LogP contribution >= 0.6 is 33.9 Å². The second-order valence-corrected chi connectivity index (χ2v) is 6.58. The van der Waals surface area contributed by atoms with E-state index in [1.54, 1.807) is 11.3 Å². The number of phenolic OH excluding ortho intramolecular Hbond substituents is 1. The lowest BCUT2D eigenvalue weighted by Crippen LogP contribution is -1.80. The molecule has 0 unspecified atom stereocenters. The van der Waals surface area contributed by atoms with E-state index in [1.165, 1.54) is 23.7 Å². The fourth-order valence-corrected chi connectivity index (χ4v) is 4.13. The van der Waals surface area contributed by atoms with Crippen LogP contribution < -0.4 is 0 Å². The maximum Gasteiger partial charge on any atom is 0.122 e. The van der Waals surface area contributed by atoms with Gasteiger partial charge in [0.25, 0.3) is 0 Å². The molecule has 1 heterocycles. The Labute approximate surface area is 117 Å². The molecule has 3 heteroatoms. The van der Waals surface area contributed by atoms with Gasteiger partial charge in [-0.25, -0.2) is 0 Å². The zero-order chi connectivity index (χ0) is 12.2. The van der Waals surface area contributed by atoms with Crippen molar-refractivity contribution < 1.29 is 5.11 Å². The van der Waals surface area contributed by atoms with Gasteiger partial charge in [-0.15, -0.1) is 11.3 Å². The topological polar surface area (TPSA) is 20.2 Å². The second kappa shape index (κ2) is 3.85. The van der Waals surface area contributed by atoms with Gasteiger partial charge in [0.15, 0.2) is 0 Å². The molecule has 0 aliphatic carbocycles. The molecule has 0 amide bonds. The number of hydrogen-bond donors (Lipinski definition) is 1. The van der Waals surface area contributed by atoms with Crippen molar-refractivity contribution in [2.75, 3.05) is 0 Å². The van der Waals surface area contributed by atoms with Gasteiger partial charge in [-0.05, 0) is 60.2 Å². The van der Waals surface area contributed by atoms with Crippen LogP contribution in [0.5, 0.6) is 5.75 Å². The third-order valence-electron chi connectivity index (χ3n) is 3.12. The SMILES string of the molecule is Cc1cc2c(sc3cc(I)ccc32)c(C)c1O. The minimum atomic E-state index is 0.429. The zero-order valence-corrected chi connectivity index (χ0v) is 12.5. The lowest BCUT2D eigenvalue weighted by molar-refractivity contribution is 0.468. The Morgan fingerprint density at radius 3 is 2.65 bits per heavy atom. The van der Waals surface area contributed by atoms with Gasteiger partial charge in [0.05, 0.1) is 0 Å². The van der Waals surface area contributed by atoms with Crippen LogP contribution in [0.2, 0.25) is 0 Å². The lowest BCUT2D eigenvalue weighted by atomic mass is 10.1. The van der Waals surface area contributed by atoms with E-state index in [-0.39, 0.29) is 0 Å². The fraction of sp³-hybridized carbons (Fsp3) is 0.143. The molecule has 1 nitrogen and oxygen atoms in total. The summed E-state index contributed by atoms with van der Waals surface area (Å²) in [5.41, 5.74) is 1.95. The summed E-state index contributed by atoms with van der Waals surface area (Å²) in [6.07, 6.45) is 0.